The highest BCUT2D eigenvalue weighted by molar-refractivity contribution is 5.93. The molecular weight excluding hydrogens is 334 g/mol. The Morgan fingerprint density at radius 2 is 1.81 bits per heavy atom. The maximum atomic E-state index is 11.8. The number of carbonyl (C=O) groups is 1. The number of carboxylic acid groups (broad SMARTS) is 1. The Morgan fingerprint density at radius 3 is 2.44 bits per heavy atom. The fraction of sp³-hybridized carbons (Fsp3) is 0.375. The molecular formula is C24H27NO2. The molecule has 3 heteroatoms. The first-order valence-electron chi connectivity index (χ1n) is 9.68. The molecule has 0 radical (unpaired) electrons. The molecule has 1 aliphatic heterocycles. The normalized spacial score (nSPS) is 23.5. The Kier molecular flexibility index (Phi) is 4.14. The highest BCUT2D eigenvalue weighted by atomic mass is 16.4. The second-order valence-electron chi connectivity index (χ2n) is 8.87. The molecule has 140 valence electrons. The van der Waals surface area contributed by atoms with Crippen LogP contribution in [0.4, 0.5) is 5.69 Å². The van der Waals surface area contributed by atoms with Gasteiger partial charge in [-0.1, -0.05) is 63.3 Å². The average molecular weight is 361 g/mol. The van der Waals surface area contributed by atoms with Gasteiger partial charge in [0.05, 0.1) is 11.6 Å². The summed E-state index contributed by atoms with van der Waals surface area (Å²) >= 11 is 0. The minimum atomic E-state index is -0.847. The van der Waals surface area contributed by atoms with Crippen LogP contribution >= 0.6 is 0 Å². The summed E-state index contributed by atoms with van der Waals surface area (Å²) in [5, 5.41) is 13.4. The van der Waals surface area contributed by atoms with E-state index in [0.717, 1.165) is 23.2 Å². The quantitative estimate of drug-likeness (QED) is 0.663. The van der Waals surface area contributed by atoms with Gasteiger partial charge in [-0.15, -0.1) is 0 Å². The summed E-state index contributed by atoms with van der Waals surface area (Å²) in [5.74, 6) is -0.350. The smallest absolute Gasteiger partial charge is 0.336 e. The van der Waals surface area contributed by atoms with Crippen molar-refractivity contribution in [3.05, 3.63) is 76.4 Å². The molecule has 2 aromatic rings. The van der Waals surface area contributed by atoms with Gasteiger partial charge in [-0.3, -0.25) is 0 Å². The summed E-state index contributed by atoms with van der Waals surface area (Å²) < 4.78 is 0. The molecule has 27 heavy (non-hydrogen) atoms. The number of benzene rings is 2. The summed E-state index contributed by atoms with van der Waals surface area (Å²) in [6.45, 7) is 8.73. The van der Waals surface area contributed by atoms with Crippen LogP contribution in [-0.2, 0) is 5.41 Å². The number of allylic oxidation sites excluding steroid dienone is 2. The van der Waals surface area contributed by atoms with E-state index in [1.54, 1.807) is 6.07 Å². The van der Waals surface area contributed by atoms with Crippen LogP contribution in [0.25, 0.3) is 0 Å². The first-order valence-corrected chi connectivity index (χ1v) is 9.68. The lowest BCUT2D eigenvalue weighted by molar-refractivity contribution is 0.0695. The van der Waals surface area contributed by atoms with Crippen LogP contribution in [0.2, 0.25) is 0 Å². The number of rotatable bonds is 2. The molecule has 0 amide bonds. The maximum absolute atomic E-state index is 11.8. The van der Waals surface area contributed by atoms with Crippen molar-refractivity contribution >= 4 is 11.7 Å². The molecule has 0 saturated heterocycles. The first-order chi connectivity index (χ1) is 12.8. The monoisotopic (exact) mass is 361 g/mol. The second-order valence-corrected chi connectivity index (χ2v) is 8.87. The molecule has 2 N–H and O–H groups in total. The molecule has 0 fully saturated rings. The molecule has 4 rings (SSSR count). The molecule has 1 aliphatic carbocycles. The van der Waals surface area contributed by atoms with E-state index in [-0.39, 0.29) is 17.4 Å². The van der Waals surface area contributed by atoms with Crippen LogP contribution in [0, 0.1) is 12.8 Å². The number of aryl methyl sites for hydroxylation is 1. The van der Waals surface area contributed by atoms with E-state index in [9.17, 15) is 9.90 Å². The van der Waals surface area contributed by atoms with Crippen LogP contribution in [0.15, 0.2) is 48.6 Å². The lowest BCUT2D eigenvalue weighted by Gasteiger charge is -2.39. The van der Waals surface area contributed by atoms with Crippen LogP contribution in [-0.4, -0.2) is 11.1 Å². The predicted octanol–water partition coefficient (Wildman–Crippen LogP) is 5.82. The summed E-state index contributed by atoms with van der Waals surface area (Å²) in [6.07, 6.45) is 5.37. The zero-order valence-corrected chi connectivity index (χ0v) is 16.4. The number of carboxylic acids is 1. The molecule has 2 aromatic carbocycles. The topological polar surface area (TPSA) is 49.3 Å². The average Bonchev–Trinajstić information content (AvgIpc) is 3.10. The standard InChI is InChI=1S/C24H27NO2/c1-14-8-13-19(23(26)27)20-17-6-5-7-18(17)22(25-21(14)20)15-9-11-16(12-10-15)24(2,3)4/h5-6,8-13,17-18,22,25H,7H2,1-4H3,(H,26,27)/t17-,18-,22-/m1/s1. The number of nitrogens with one attached hydrogen (secondary N) is 1. The van der Waals surface area contributed by atoms with Crippen LogP contribution in [0.5, 0.6) is 0 Å². The van der Waals surface area contributed by atoms with Gasteiger partial charge in [0, 0.05) is 11.6 Å². The number of hydrogen-bond donors (Lipinski definition) is 2. The van der Waals surface area contributed by atoms with E-state index in [1.165, 1.54) is 11.1 Å². The Balaban J connectivity index is 1.79. The van der Waals surface area contributed by atoms with Crippen LogP contribution in [0.3, 0.4) is 0 Å². The highest BCUT2D eigenvalue weighted by Gasteiger charge is 2.40. The van der Waals surface area contributed by atoms with Gasteiger partial charge in [0.25, 0.3) is 0 Å². The SMILES string of the molecule is Cc1ccc(C(=O)O)c2c1N[C@H](c1ccc(C(C)(C)C)cc1)[C@@H]1CC=C[C@@H]21. The molecule has 0 spiro atoms. The van der Waals surface area contributed by atoms with Gasteiger partial charge >= 0.3 is 5.97 Å². The highest BCUT2D eigenvalue weighted by Crippen LogP contribution is 2.51. The van der Waals surface area contributed by atoms with Gasteiger partial charge in [-0.2, -0.15) is 0 Å². The Bertz CT molecular complexity index is 919. The largest absolute Gasteiger partial charge is 0.478 e. The first kappa shape index (κ1) is 17.8. The molecule has 0 saturated carbocycles. The van der Waals surface area contributed by atoms with Gasteiger partial charge in [0.1, 0.15) is 0 Å². The predicted molar refractivity (Wildman–Crippen MR) is 110 cm³/mol. The molecule has 2 aliphatic rings. The van der Waals surface area contributed by atoms with E-state index in [2.05, 4.69) is 69.4 Å². The van der Waals surface area contributed by atoms with Crippen molar-refractivity contribution in [2.24, 2.45) is 5.92 Å². The van der Waals surface area contributed by atoms with Crippen molar-refractivity contribution in [3.8, 4) is 0 Å². The van der Waals surface area contributed by atoms with E-state index in [1.807, 2.05) is 6.07 Å². The Morgan fingerprint density at radius 1 is 1.11 bits per heavy atom. The second kappa shape index (κ2) is 6.26. The van der Waals surface area contributed by atoms with Crippen molar-refractivity contribution in [1.29, 1.82) is 0 Å². The van der Waals surface area contributed by atoms with E-state index < -0.39 is 5.97 Å². The number of hydrogen-bond acceptors (Lipinski definition) is 2. The minimum Gasteiger partial charge on any atom is -0.478 e. The van der Waals surface area contributed by atoms with Crippen LogP contribution in [0.1, 0.15) is 71.8 Å². The third kappa shape index (κ3) is 2.95. The molecule has 0 unspecified atom stereocenters. The van der Waals surface area contributed by atoms with Gasteiger partial charge in [-0.05, 0) is 53.0 Å². The third-order valence-corrected chi connectivity index (χ3v) is 6.09. The Hall–Kier alpha value is -2.55. The van der Waals surface area contributed by atoms with E-state index >= 15 is 0 Å². The van der Waals surface area contributed by atoms with Crippen molar-refractivity contribution in [3.63, 3.8) is 0 Å². The van der Waals surface area contributed by atoms with Gasteiger partial charge in [0.15, 0.2) is 0 Å². The van der Waals surface area contributed by atoms with E-state index in [4.69, 9.17) is 0 Å². The number of anilines is 1. The fourth-order valence-electron chi connectivity index (χ4n) is 4.56. The van der Waals surface area contributed by atoms with Gasteiger partial charge in [0.2, 0.25) is 0 Å². The summed E-state index contributed by atoms with van der Waals surface area (Å²) in [5.41, 5.74) is 6.20. The molecule has 3 nitrogen and oxygen atoms in total. The maximum Gasteiger partial charge on any atom is 0.336 e. The summed E-state index contributed by atoms with van der Waals surface area (Å²) in [6, 6.07) is 12.8. The summed E-state index contributed by atoms with van der Waals surface area (Å²) in [4.78, 5) is 11.8. The molecule has 3 atom stereocenters. The summed E-state index contributed by atoms with van der Waals surface area (Å²) in [7, 11) is 0. The lowest BCUT2D eigenvalue weighted by atomic mass is 9.74. The van der Waals surface area contributed by atoms with Crippen molar-refractivity contribution < 1.29 is 9.90 Å². The molecule has 0 aromatic heterocycles. The lowest BCUT2D eigenvalue weighted by Crippen LogP contribution is -2.31. The van der Waals surface area contributed by atoms with Gasteiger partial charge in [-0.25, -0.2) is 4.79 Å². The molecule has 0 bridgehead atoms. The van der Waals surface area contributed by atoms with Gasteiger partial charge < -0.3 is 10.4 Å². The zero-order valence-electron chi connectivity index (χ0n) is 16.4. The van der Waals surface area contributed by atoms with Crippen molar-refractivity contribution in [2.45, 2.75) is 51.5 Å². The molecule has 1 heterocycles. The van der Waals surface area contributed by atoms with Crippen LogP contribution < -0.4 is 5.32 Å². The number of aromatic carboxylic acids is 1. The number of fused-ring (bicyclic) bond motifs is 3. The Labute approximate surface area is 161 Å². The zero-order chi connectivity index (χ0) is 19.3. The van der Waals surface area contributed by atoms with E-state index in [0.29, 0.717) is 11.5 Å². The fourth-order valence-corrected chi connectivity index (χ4v) is 4.56. The van der Waals surface area contributed by atoms with Crippen molar-refractivity contribution in [1.82, 2.24) is 0 Å². The van der Waals surface area contributed by atoms with Crippen molar-refractivity contribution in [2.75, 3.05) is 5.32 Å². The minimum absolute atomic E-state index is 0.134. The third-order valence-electron chi connectivity index (χ3n) is 6.09.